The number of hydrogen-bond acceptors (Lipinski definition) is 8. The summed E-state index contributed by atoms with van der Waals surface area (Å²) < 4.78 is 9.03. The van der Waals surface area contributed by atoms with Crippen LogP contribution < -0.4 is 0 Å². The predicted octanol–water partition coefficient (Wildman–Crippen LogP) is -1.06. The van der Waals surface area contributed by atoms with E-state index in [1.165, 1.54) is 0 Å². The zero-order chi connectivity index (χ0) is 10.8. The molecule has 0 aromatic heterocycles. The molecule has 4 N–H and O–H groups in total. The Morgan fingerprint density at radius 1 is 0.857 bits per heavy atom. The van der Waals surface area contributed by atoms with Gasteiger partial charge in [-0.05, 0) is 0 Å². The molecule has 0 rings (SSSR count). The van der Waals surface area contributed by atoms with Crippen molar-refractivity contribution >= 4 is 24.1 Å². The molecule has 0 fully saturated rings. The van der Waals surface area contributed by atoms with E-state index in [1.807, 2.05) is 0 Å². The third kappa shape index (κ3) is 9.03. The summed E-state index contributed by atoms with van der Waals surface area (Å²) in [7, 11) is 0. The summed E-state index contributed by atoms with van der Waals surface area (Å²) in [4.78, 5) is 0. The molecule has 0 aromatic carbocycles. The van der Waals surface area contributed by atoms with Crippen molar-refractivity contribution in [2.24, 2.45) is 0 Å². The molecule has 2 unspecified atom stereocenters. The maximum Gasteiger partial charge on any atom is 0.0884 e. The Labute approximate surface area is 90.6 Å². The van der Waals surface area contributed by atoms with Crippen LogP contribution in [-0.2, 0) is 8.67 Å². The molecular formula is C6H14O6S2. The standard InChI is InChI=1S/C6H14O6S2/c7-1-5(9)3-13-11-12-14-4-6(10)2-8/h5-10H,1-4H2. The molecular weight excluding hydrogens is 232 g/mol. The second kappa shape index (κ2) is 9.99. The highest BCUT2D eigenvalue weighted by Crippen LogP contribution is 2.12. The maximum atomic E-state index is 8.85. The van der Waals surface area contributed by atoms with Gasteiger partial charge < -0.3 is 20.4 Å². The average molecular weight is 246 g/mol. The van der Waals surface area contributed by atoms with E-state index in [0.717, 1.165) is 24.1 Å². The third-order valence-electron chi connectivity index (χ3n) is 1.07. The van der Waals surface area contributed by atoms with Crippen molar-refractivity contribution in [1.82, 2.24) is 0 Å². The molecule has 0 saturated heterocycles. The molecule has 0 spiro atoms. The van der Waals surface area contributed by atoms with Gasteiger partial charge in [0.15, 0.2) is 0 Å². The van der Waals surface area contributed by atoms with Crippen molar-refractivity contribution in [3.63, 3.8) is 0 Å². The van der Waals surface area contributed by atoms with Crippen LogP contribution in [0, 0.1) is 0 Å². The molecule has 0 saturated carbocycles. The lowest BCUT2D eigenvalue weighted by Crippen LogP contribution is -2.15. The summed E-state index contributed by atoms with van der Waals surface area (Å²) in [5.41, 5.74) is 0. The highest BCUT2D eigenvalue weighted by Gasteiger charge is 2.05. The number of aliphatic hydroxyl groups excluding tert-OH is 4. The van der Waals surface area contributed by atoms with E-state index >= 15 is 0 Å². The van der Waals surface area contributed by atoms with Gasteiger partial charge in [0.25, 0.3) is 0 Å². The molecule has 0 aliphatic carbocycles. The topological polar surface area (TPSA) is 99.4 Å². The van der Waals surface area contributed by atoms with Gasteiger partial charge >= 0.3 is 0 Å². The quantitative estimate of drug-likeness (QED) is 0.177. The number of hydrogen-bond donors (Lipinski definition) is 4. The van der Waals surface area contributed by atoms with Crippen LogP contribution in [0.25, 0.3) is 0 Å². The lowest BCUT2D eigenvalue weighted by molar-refractivity contribution is -0.0554. The Bertz CT molecular complexity index is 113. The van der Waals surface area contributed by atoms with Crippen LogP contribution in [0.15, 0.2) is 0 Å². The molecule has 8 heteroatoms. The van der Waals surface area contributed by atoms with Crippen LogP contribution in [0.3, 0.4) is 0 Å². The zero-order valence-corrected chi connectivity index (χ0v) is 9.04. The minimum absolute atomic E-state index is 0.194. The van der Waals surface area contributed by atoms with Crippen molar-refractivity contribution in [3.8, 4) is 0 Å². The summed E-state index contributed by atoms with van der Waals surface area (Å²) in [6.07, 6.45) is -1.67. The molecule has 86 valence electrons. The summed E-state index contributed by atoms with van der Waals surface area (Å²) in [5.74, 6) is 0.388. The average Bonchev–Trinajstić information content (AvgIpc) is 2.22. The fourth-order valence-electron chi connectivity index (χ4n) is 0.357. The van der Waals surface area contributed by atoms with Gasteiger partial charge in [-0.3, -0.25) is 0 Å². The van der Waals surface area contributed by atoms with E-state index in [9.17, 15) is 0 Å². The normalized spacial score (nSPS) is 15.4. The highest BCUT2D eigenvalue weighted by molar-refractivity contribution is 7.96. The van der Waals surface area contributed by atoms with Gasteiger partial charge in [0.2, 0.25) is 0 Å². The van der Waals surface area contributed by atoms with Crippen molar-refractivity contribution in [2.45, 2.75) is 12.2 Å². The maximum absolute atomic E-state index is 8.85. The summed E-state index contributed by atoms with van der Waals surface area (Å²) in [6.45, 7) is -0.653. The SMILES string of the molecule is OCC(O)CSOOSCC(O)CO. The number of aliphatic hydroxyl groups is 4. The van der Waals surface area contributed by atoms with E-state index < -0.39 is 12.2 Å². The monoisotopic (exact) mass is 246 g/mol. The molecule has 2 atom stereocenters. The van der Waals surface area contributed by atoms with Gasteiger partial charge in [-0.1, -0.05) is 0 Å². The Morgan fingerprint density at radius 2 is 1.21 bits per heavy atom. The van der Waals surface area contributed by atoms with E-state index in [-0.39, 0.29) is 24.7 Å². The van der Waals surface area contributed by atoms with E-state index in [1.54, 1.807) is 0 Å². The first-order chi connectivity index (χ1) is 6.70. The first-order valence-corrected chi connectivity index (χ1v) is 5.68. The molecule has 0 heterocycles. The van der Waals surface area contributed by atoms with Gasteiger partial charge in [-0.25, -0.2) is 0 Å². The fraction of sp³-hybridized carbons (Fsp3) is 1.00. The second-order valence-electron chi connectivity index (χ2n) is 2.38. The van der Waals surface area contributed by atoms with Crippen LogP contribution >= 0.6 is 24.1 Å². The Balaban J connectivity index is 3.06. The Kier molecular flexibility index (Phi) is 10.3. The molecule has 14 heavy (non-hydrogen) atoms. The van der Waals surface area contributed by atoms with Gasteiger partial charge in [0.05, 0.1) is 36.9 Å². The highest BCUT2D eigenvalue weighted by atomic mass is 32.2. The molecule has 0 radical (unpaired) electrons. The first kappa shape index (κ1) is 14.5. The summed E-state index contributed by atoms with van der Waals surface area (Å²) in [6, 6.07) is 0. The van der Waals surface area contributed by atoms with Gasteiger partial charge in [0, 0.05) is 24.1 Å². The second-order valence-corrected chi connectivity index (χ2v) is 3.79. The molecule has 0 aliphatic heterocycles. The lowest BCUT2D eigenvalue weighted by Gasteiger charge is -2.06. The lowest BCUT2D eigenvalue weighted by atomic mass is 10.4. The van der Waals surface area contributed by atoms with Crippen molar-refractivity contribution in [2.75, 3.05) is 24.7 Å². The molecule has 0 aromatic rings. The van der Waals surface area contributed by atoms with Gasteiger partial charge in [-0.15, -0.1) is 0 Å². The van der Waals surface area contributed by atoms with Crippen LogP contribution in [0.1, 0.15) is 0 Å². The van der Waals surface area contributed by atoms with Crippen LogP contribution in [0.5, 0.6) is 0 Å². The van der Waals surface area contributed by atoms with Gasteiger partial charge in [0.1, 0.15) is 0 Å². The Morgan fingerprint density at radius 3 is 1.50 bits per heavy atom. The minimum atomic E-state index is -0.836. The number of rotatable bonds is 9. The van der Waals surface area contributed by atoms with Crippen LogP contribution in [-0.4, -0.2) is 57.4 Å². The largest absolute Gasteiger partial charge is 0.394 e. The van der Waals surface area contributed by atoms with E-state index in [4.69, 9.17) is 20.4 Å². The van der Waals surface area contributed by atoms with Crippen molar-refractivity contribution in [1.29, 1.82) is 0 Å². The van der Waals surface area contributed by atoms with E-state index in [0.29, 0.717) is 0 Å². The van der Waals surface area contributed by atoms with Gasteiger partial charge in [-0.2, -0.15) is 8.67 Å². The zero-order valence-electron chi connectivity index (χ0n) is 7.40. The predicted molar refractivity (Wildman–Crippen MR) is 53.3 cm³/mol. The summed E-state index contributed by atoms with van der Waals surface area (Å²) in [5, 5.41) is 34.5. The minimum Gasteiger partial charge on any atom is -0.394 e. The fourth-order valence-corrected chi connectivity index (χ4v) is 1.31. The Hall–Kier alpha value is 0.460. The summed E-state index contributed by atoms with van der Waals surface area (Å²) >= 11 is 1.70. The molecule has 6 nitrogen and oxygen atoms in total. The third-order valence-corrected chi connectivity index (χ3v) is 2.52. The van der Waals surface area contributed by atoms with Crippen molar-refractivity contribution in [3.05, 3.63) is 0 Å². The molecule has 0 amide bonds. The van der Waals surface area contributed by atoms with Crippen LogP contribution in [0.2, 0.25) is 0 Å². The smallest absolute Gasteiger partial charge is 0.0884 e. The van der Waals surface area contributed by atoms with Crippen LogP contribution in [0.4, 0.5) is 0 Å². The molecule has 0 bridgehead atoms. The van der Waals surface area contributed by atoms with E-state index in [2.05, 4.69) is 8.67 Å². The first-order valence-electron chi connectivity index (χ1n) is 3.86. The van der Waals surface area contributed by atoms with Crippen molar-refractivity contribution < 1.29 is 29.1 Å². The molecule has 0 aliphatic rings.